The number of rotatable bonds is 4. The van der Waals surface area contributed by atoms with Gasteiger partial charge in [0.25, 0.3) is 0 Å². The van der Waals surface area contributed by atoms with E-state index in [0.717, 1.165) is 11.8 Å². The summed E-state index contributed by atoms with van der Waals surface area (Å²) in [7, 11) is 0. The maximum atomic E-state index is 10.6. The van der Waals surface area contributed by atoms with Gasteiger partial charge in [-0.25, -0.2) is 0 Å². The highest BCUT2D eigenvalue weighted by Gasteiger charge is 2.05. The lowest BCUT2D eigenvalue weighted by Crippen LogP contribution is -1.95. The van der Waals surface area contributed by atoms with E-state index in [-0.39, 0.29) is 0 Å². The molecule has 0 saturated heterocycles. The zero-order valence-electron chi connectivity index (χ0n) is 10.6. The molecule has 0 fully saturated rings. The Labute approximate surface area is 112 Å². The third kappa shape index (κ3) is 3.02. The molecule has 0 saturated carbocycles. The van der Waals surface area contributed by atoms with Crippen LogP contribution in [0.5, 0.6) is 0 Å². The molecule has 0 atom stereocenters. The molecule has 2 rings (SSSR count). The van der Waals surface area contributed by atoms with Crippen molar-refractivity contribution in [1.82, 2.24) is 0 Å². The third-order valence-electron chi connectivity index (χ3n) is 2.94. The maximum absolute atomic E-state index is 10.6. The molecule has 0 bridgehead atoms. The van der Waals surface area contributed by atoms with E-state index < -0.39 is 0 Å². The standard InChI is InChI=1S/C16H16OS/c1-12-10-15(11-13(2)16(12)8-9-17)18-14-6-4-3-5-7-14/h3-7,9-11H,8H2,1-2H3. The normalized spacial score (nSPS) is 10.3. The van der Waals surface area contributed by atoms with Crippen LogP contribution in [0.1, 0.15) is 16.7 Å². The lowest BCUT2D eigenvalue weighted by atomic mass is 10.0. The average Bonchev–Trinajstić information content (AvgIpc) is 2.35. The van der Waals surface area contributed by atoms with Crippen LogP contribution >= 0.6 is 11.8 Å². The molecule has 0 aliphatic rings. The van der Waals surface area contributed by atoms with Gasteiger partial charge in [-0.2, -0.15) is 0 Å². The Bertz CT molecular complexity index is 523. The molecule has 0 radical (unpaired) electrons. The number of benzene rings is 2. The van der Waals surface area contributed by atoms with E-state index in [0.29, 0.717) is 6.42 Å². The van der Waals surface area contributed by atoms with E-state index in [1.807, 2.05) is 18.2 Å². The van der Waals surface area contributed by atoms with Crippen molar-refractivity contribution in [2.24, 2.45) is 0 Å². The summed E-state index contributed by atoms with van der Waals surface area (Å²) in [6.07, 6.45) is 1.48. The Morgan fingerprint density at radius 2 is 1.61 bits per heavy atom. The van der Waals surface area contributed by atoms with Crippen molar-refractivity contribution in [3.8, 4) is 0 Å². The predicted molar refractivity (Wildman–Crippen MR) is 76.2 cm³/mol. The van der Waals surface area contributed by atoms with Crippen LogP contribution in [0.2, 0.25) is 0 Å². The highest BCUT2D eigenvalue weighted by atomic mass is 32.2. The topological polar surface area (TPSA) is 17.1 Å². The van der Waals surface area contributed by atoms with Crippen LogP contribution in [0.3, 0.4) is 0 Å². The smallest absolute Gasteiger partial charge is 0.124 e. The van der Waals surface area contributed by atoms with Gasteiger partial charge in [0, 0.05) is 16.2 Å². The second kappa shape index (κ2) is 5.87. The van der Waals surface area contributed by atoms with Crippen molar-refractivity contribution in [2.75, 3.05) is 0 Å². The van der Waals surface area contributed by atoms with E-state index in [9.17, 15) is 4.79 Å². The maximum Gasteiger partial charge on any atom is 0.124 e. The van der Waals surface area contributed by atoms with Crippen molar-refractivity contribution in [3.05, 3.63) is 59.2 Å². The van der Waals surface area contributed by atoms with Gasteiger partial charge < -0.3 is 4.79 Å². The Morgan fingerprint density at radius 3 is 2.17 bits per heavy atom. The van der Waals surface area contributed by atoms with Gasteiger partial charge in [0.1, 0.15) is 6.29 Å². The molecule has 0 aliphatic heterocycles. The van der Waals surface area contributed by atoms with Crippen molar-refractivity contribution in [3.63, 3.8) is 0 Å². The molecule has 0 amide bonds. The lowest BCUT2D eigenvalue weighted by Gasteiger charge is -2.10. The Kier molecular flexibility index (Phi) is 4.21. The van der Waals surface area contributed by atoms with Gasteiger partial charge in [-0.1, -0.05) is 30.0 Å². The third-order valence-corrected chi connectivity index (χ3v) is 3.92. The summed E-state index contributed by atoms with van der Waals surface area (Å²) >= 11 is 1.75. The van der Waals surface area contributed by atoms with E-state index >= 15 is 0 Å². The van der Waals surface area contributed by atoms with Crippen molar-refractivity contribution >= 4 is 18.0 Å². The quantitative estimate of drug-likeness (QED) is 0.763. The van der Waals surface area contributed by atoms with Crippen LogP contribution in [-0.2, 0) is 11.2 Å². The summed E-state index contributed by atoms with van der Waals surface area (Å²) in [6.45, 7) is 4.14. The van der Waals surface area contributed by atoms with Gasteiger partial charge in [-0.15, -0.1) is 0 Å². The summed E-state index contributed by atoms with van der Waals surface area (Å²) in [5.41, 5.74) is 3.54. The first kappa shape index (κ1) is 12.9. The van der Waals surface area contributed by atoms with Crippen LogP contribution in [0.25, 0.3) is 0 Å². The summed E-state index contributed by atoms with van der Waals surface area (Å²) in [6, 6.07) is 14.6. The largest absolute Gasteiger partial charge is 0.303 e. The second-order valence-corrected chi connectivity index (χ2v) is 5.47. The molecule has 2 aromatic carbocycles. The van der Waals surface area contributed by atoms with Gasteiger partial charge in [0.15, 0.2) is 0 Å². The Balaban J connectivity index is 2.28. The summed E-state index contributed by atoms with van der Waals surface area (Å²) in [5.74, 6) is 0. The van der Waals surface area contributed by atoms with Gasteiger partial charge in [0.05, 0.1) is 0 Å². The van der Waals surface area contributed by atoms with E-state index in [2.05, 4.69) is 38.1 Å². The number of hydrogen-bond acceptors (Lipinski definition) is 2. The molecular weight excluding hydrogens is 240 g/mol. The van der Waals surface area contributed by atoms with E-state index in [4.69, 9.17) is 0 Å². The van der Waals surface area contributed by atoms with Crippen LogP contribution in [0.4, 0.5) is 0 Å². The molecule has 2 heteroatoms. The highest BCUT2D eigenvalue weighted by Crippen LogP contribution is 2.30. The molecule has 2 aromatic rings. The minimum atomic E-state index is 0.508. The van der Waals surface area contributed by atoms with Crippen molar-refractivity contribution < 1.29 is 4.79 Å². The van der Waals surface area contributed by atoms with E-state index in [1.54, 1.807) is 11.8 Å². The molecule has 0 aliphatic carbocycles. The van der Waals surface area contributed by atoms with Crippen molar-refractivity contribution in [1.29, 1.82) is 0 Å². The predicted octanol–water partition coefficient (Wildman–Crippen LogP) is 4.20. The zero-order chi connectivity index (χ0) is 13.0. The minimum absolute atomic E-state index is 0.508. The van der Waals surface area contributed by atoms with Gasteiger partial charge in [-0.05, 0) is 54.8 Å². The van der Waals surface area contributed by atoms with Crippen LogP contribution in [-0.4, -0.2) is 6.29 Å². The monoisotopic (exact) mass is 256 g/mol. The minimum Gasteiger partial charge on any atom is -0.303 e. The van der Waals surface area contributed by atoms with Crippen molar-refractivity contribution in [2.45, 2.75) is 30.1 Å². The highest BCUT2D eigenvalue weighted by molar-refractivity contribution is 7.99. The molecule has 0 N–H and O–H groups in total. The molecule has 0 aromatic heterocycles. The molecule has 92 valence electrons. The van der Waals surface area contributed by atoms with Gasteiger partial charge in [-0.3, -0.25) is 0 Å². The van der Waals surface area contributed by atoms with Crippen LogP contribution < -0.4 is 0 Å². The average molecular weight is 256 g/mol. The summed E-state index contributed by atoms with van der Waals surface area (Å²) in [4.78, 5) is 13.1. The Hall–Kier alpha value is -1.54. The fourth-order valence-electron chi connectivity index (χ4n) is 2.04. The van der Waals surface area contributed by atoms with E-state index in [1.165, 1.54) is 20.9 Å². The number of carbonyl (C=O) groups excluding carboxylic acids is 1. The summed E-state index contributed by atoms with van der Waals surface area (Å²) in [5, 5.41) is 0. The first-order valence-corrected chi connectivity index (χ1v) is 6.79. The van der Waals surface area contributed by atoms with Crippen LogP contribution in [0.15, 0.2) is 52.3 Å². The van der Waals surface area contributed by atoms with Gasteiger partial charge >= 0.3 is 0 Å². The molecule has 1 nitrogen and oxygen atoms in total. The first-order chi connectivity index (χ1) is 8.70. The molecular formula is C16H16OS. The fourth-order valence-corrected chi connectivity index (χ4v) is 3.08. The number of aldehydes is 1. The lowest BCUT2D eigenvalue weighted by molar-refractivity contribution is -0.107. The molecule has 18 heavy (non-hydrogen) atoms. The second-order valence-electron chi connectivity index (χ2n) is 4.32. The number of carbonyl (C=O) groups is 1. The first-order valence-electron chi connectivity index (χ1n) is 5.97. The summed E-state index contributed by atoms with van der Waals surface area (Å²) < 4.78 is 0. The Morgan fingerprint density at radius 1 is 1.00 bits per heavy atom. The zero-order valence-corrected chi connectivity index (χ0v) is 11.5. The number of aryl methyl sites for hydroxylation is 2. The molecule has 0 spiro atoms. The fraction of sp³-hybridized carbons (Fsp3) is 0.188. The SMILES string of the molecule is Cc1cc(Sc2ccccc2)cc(C)c1CC=O. The van der Waals surface area contributed by atoms with Crippen LogP contribution in [0, 0.1) is 13.8 Å². The number of hydrogen-bond donors (Lipinski definition) is 0. The molecule has 0 unspecified atom stereocenters. The molecule has 0 heterocycles. The van der Waals surface area contributed by atoms with Gasteiger partial charge in [0.2, 0.25) is 0 Å².